The molecule has 2 aromatic rings. The second-order valence-electron chi connectivity index (χ2n) is 6.64. The molecule has 0 aromatic heterocycles. The van der Waals surface area contributed by atoms with Gasteiger partial charge in [-0.1, -0.05) is 46.3 Å². The van der Waals surface area contributed by atoms with Gasteiger partial charge >= 0.3 is 5.97 Å². The Morgan fingerprint density at radius 3 is 2.47 bits per heavy atom. The number of halogens is 1. The predicted octanol–water partition coefficient (Wildman–Crippen LogP) is 3.12. The Hall–Kier alpha value is -2.72. The van der Waals surface area contributed by atoms with E-state index in [2.05, 4.69) is 15.9 Å². The molecule has 2 atom stereocenters. The lowest BCUT2D eigenvalue weighted by molar-refractivity contribution is -0.148. The summed E-state index contributed by atoms with van der Waals surface area (Å²) in [7, 11) is -4.11. The van der Waals surface area contributed by atoms with Crippen LogP contribution in [0.4, 0.5) is 0 Å². The molecule has 9 heteroatoms. The first-order valence-corrected chi connectivity index (χ1v) is 11.4. The molecule has 1 heterocycles. The first kappa shape index (κ1) is 22.0. The van der Waals surface area contributed by atoms with Crippen LogP contribution in [0.3, 0.4) is 0 Å². The van der Waals surface area contributed by atoms with E-state index < -0.39 is 27.4 Å². The fourth-order valence-corrected chi connectivity index (χ4v) is 5.86. The molecule has 154 valence electrons. The van der Waals surface area contributed by atoms with Gasteiger partial charge in [-0.15, -0.1) is 0 Å². The third kappa shape index (κ3) is 3.50. The number of hydrogen-bond donors (Lipinski definition) is 0. The van der Waals surface area contributed by atoms with Crippen molar-refractivity contribution in [3.05, 3.63) is 64.1 Å². The molecule has 1 aliphatic rings. The molecule has 0 fully saturated rings. The summed E-state index contributed by atoms with van der Waals surface area (Å²) in [6.07, 6.45) is 0.297. The average molecular weight is 488 g/mol. The first-order valence-electron chi connectivity index (χ1n) is 9.17. The summed E-state index contributed by atoms with van der Waals surface area (Å²) in [6, 6.07) is 17.1. The van der Waals surface area contributed by atoms with Gasteiger partial charge in [0.2, 0.25) is 10.0 Å². The highest BCUT2D eigenvalue weighted by Gasteiger charge is 2.61. The lowest BCUT2D eigenvalue weighted by Crippen LogP contribution is -2.51. The molecule has 0 saturated carbocycles. The third-order valence-electron chi connectivity index (χ3n) is 5.02. The zero-order valence-electron chi connectivity index (χ0n) is 16.1. The number of fused-ring (bicyclic) bond motifs is 1. The largest absolute Gasteiger partial charge is 0.465 e. The number of nitriles is 2. The van der Waals surface area contributed by atoms with Crippen LogP contribution >= 0.6 is 15.9 Å². The summed E-state index contributed by atoms with van der Waals surface area (Å²) in [4.78, 5) is 12.5. The molecular weight excluding hydrogens is 470 g/mol. The molecule has 0 bridgehead atoms. The van der Waals surface area contributed by atoms with E-state index in [0.29, 0.717) is 6.42 Å². The number of ether oxygens (including phenoxy) is 1. The van der Waals surface area contributed by atoms with Crippen molar-refractivity contribution < 1.29 is 17.9 Å². The van der Waals surface area contributed by atoms with Crippen molar-refractivity contribution in [1.29, 1.82) is 10.5 Å². The molecule has 0 N–H and O–H groups in total. The monoisotopic (exact) mass is 487 g/mol. The second kappa shape index (κ2) is 8.57. The van der Waals surface area contributed by atoms with E-state index in [9.17, 15) is 23.7 Å². The average Bonchev–Trinajstić information content (AvgIpc) is 2.93. The van der Waals surface area contributed by atoms with Crippen LogP contribution in [0.15, 0.2) is 57.9 Å². The van der Waals surface area contributed by atoms with E-state index in [-0.39, 0.29) is 23.6 Å². The molecule has 3 rings (SSSR count). The minimum Gasteiger partial charge on any atom is -0.465 e. The minimum atomic E-state index is -4.11. The maximum atomic E-state index is 13.3. The Labute approximate surface area is 183 Å². The van der Waals surface area contributed by atoms with Crippen LogP contribution in [0.5, 0.6) is 0 Å². The normalized spacial score (nSPS) is 20.5. The molecule has 0 radical (unpaired) electrons. The van der Waals surface area contributed by atoms with Crippen LogP contribution in [0, 0.1) is 28.6 Å². The molecule has 7 nitrogen and oxygen atoms in total. The van der Waals surface area contributed by atoms with Crippen molar-refractivity contribution in [2.45, 2.75) is 23.8 Å². The van der Waals surface area contributed by atoms with E-state index in [1.54, 1.807) is 19.1 Å². The summed E-state index contributed by atoms with van der Waals surface area (Å²) in [6.45, 7) is 1.51. The number of benzene rings is 2. The van der Waals surface area contributed by atoms with Crippen molar-refractivity contribution in [2.24, 2.45) is 5.92 Å². The van der Waals surface area contributed by atoms with Crippen LogP contribution in [0.1, 0.15) is 18.1 Å². The van der Waals surface area contributed by atoms with Gasteiger partial charge in [-0.2, -0.15) is 14.8 Å². The predicted molar refractivity (Wildman–Crippen MR) is 111 cm³/mol. The molecule has 2 aromatic carbocycles. The number of rotatable bonds is 6. The number of esters is 1. The van der Waals surface area contributed by atoms with E-state index in [0.717, 1.165) is 14.3 Å². The molecule has 30 heavy (non-hydrogen) atoms. The summed E-state index contributed by atoms with van der Waals surface area (Å²) in [5.74, 6) is -2.56. The van der Waals surface area contributed by atoms with Crippen LogP contribution in [0.25, 0.3) is 0 Å². The van der Waals surface area contributed by atoms with Gasteiger partial charge < -0.3 is 4.74 Å². The molecule has 1 aliphatic heterocycles. The van der Waals surface area contributed by atoms with Crippen molar-refractivity contribution in [3.8, 4) is 12.1 Å². The lowest BCUT2D eigenvalue weighted by Gasteiger charge is -2.33. The maximum Gasteiger partial charge on any atom is 0.326 e. The number of sulfonamides is 1. The Bertz CT molecular complexity index is 1150. The number of carbonyl (C=O) groups is 1. The Balaban J connectivity index is 2.14. The maximum absolute atomic E-state index is 13.3. The van der Waals surface area contributed by atoms with E-state index >= 15 is 0 Å². The topological polar surface area (TPSA) is 111 Å². The first-order chi connectivity index (χ1) is 14.3. The van der Waals surface area contributed by atoms with Gasteiger partial charge in [0.15, 0.2) is 11.5 Å². The summed E-state index contributed by atoms with van der Waals surface area (Å²) in [5, 5.41) is 20.0. The standard InChI is InChI=1S/C21H18BrN3O4S/c1-2-29-20(26)18(13-23)21(14-24)17-5-3-4-6-19(17)30(27,28)25(21)12-11-15-7-9-16(22)10-8-15/h3-10,18H,2,11-12H2,1H3. The second-order valence-corrected chi connectivity index (χ2v) is 9.39. The molecule has 0 amide bonds. The van der Waals surface area contributed by atoms with Gasteiger partial charge in [0.05, 0.1) is 23.6 Å². The van der Waals surface area contributed by atoms with Crippen molar-refractivity contribution in [1.82, 2.24) is 4.31 Å². The molecular formula is C21H18BrN3O4S. The zero-order valence-corrected chi connectivity index (χ0v) is 18.5. The Kier molecular flexibility index (Phi) is 6.27. The lowest BCUT2D eigenvalue weighted by atomic mass is 9.79. The van der Waals surface area contributed by atoms with Crippen molar-refractivity contribution in [2.75, 3.05) is 13.2 Å². The third-order valence-corrected chi connectivity index (χ3v) is 7.51. The van der Waals surface area contributed by atoms with E-state index in [1.165, 1.54) is 12.1 Å². The fraction of sp³-hybridized carbons (Fsp3) is 0.286. The molecule has 2 unspecified atom stereocenters. The number of nitrogens with zero attached hydrogens (tertiary/aromatic N) is 3. The van der Waals surface area contributed by atoms with Gasteiger partial charge in [0, 0.05) is 16.6 Å². The summed E-state index contributed by atoms with van der Waals surface area (Å²) in [5.41, 5.74) is -1.05. The Morgan fingerprint density at radius 2 is 1.87 bits per heavy atom. The van der Waals surface area contributed by atoms with Gasteiger partial charge in [-0.3, -0.25) is 4.79 Å². The number of carbonyl (C=O) groups excluding carboxylic acids is 1. The van der Waals surface area contributed by atoms with Crippen LogP contribution in [0.2, 0.25) is 0 Å². The van der Waals surface area contributed by atoms with Crippen molar-refractivity contribution in [3.63, 3.8) is 0 Å². The van der Waals surface area contributed by atoms with Gasteiger partial charge in [0.1, 0.15) is 0 Å². The van der Waals surface area contributed by atoms with Crippen LogP contribution in [-0.4, -0.2) is 31.8 Å². The zero-order chi connectivity index (χ0) is 21.9. The fourth-order valence-electron chi connectivity index (χ4n) is 3.65. The minimum absolute atomic E-state index is 0.00577. The van der Waals surface area contributed by atoms with E-state index in [4.69, 9.17) is 4.74 Å². The summed E-state index contributed by atoms with van der Waals surface area (Å²) < 4.78 is 33.5. The van der Waals surface area contributed by atoms with Crippen LogP contribution in [-0.2, 0) is 31.5 Å². The van der Waals surface area contributed by atoms with Gasteiger partial charge in [-0.05, 0) is 37.1 Å². The SMILES string of the molecule is CCOC(=O)C(C#N)C1(C#N)c2ccccc2S(=O)(=O)N1CCc1ccc(Br)cc1. The highest BCUT2D eigenvalue weighted by Crippen LogP contribution is 2.48. The van der Waals surface area contributed by atoms with Crippen molar-refractivity contribution >= 4 is 31.9 Å². The smallest absolute Gasteiger partial charge is 0.326 e. The Morgan fingerprint density at radius 1 is 1.20 bits per heavy atom. The van der Waals surface area contributed by atoms with Gasteiger partial charge in [-0.25, -0.2) is 8.42 Å². The van der Waals surface area contributed by atoms with Gasteiger partial charge in [0.25, 0.3) is 0 Å². The summed E-state index contributed by atoms with van der Waals surface area (Å²) >= 11 is 3.35. The highest BCUT2D eigenvalue weighted by atomic mass is 79.9. The molecule has 0 aliphatic carbocycles. The quantitative estimate of drug-likeness (QED) is 0.578. The number of hydrogen-bond acceptors (Lipinski definition) is 6. The van der Waals surface area contributed by atoms with Crippen LogP contribution < -0.4 is 0 Å². The molecule has 0 saturated heterocycles. The molecule has 0 spiro atoms. The van der Waals surface area contributed by atoms with E-state index in [1.807, 2.05) is 36.4 Å². The highest BCUT2D eigenvalue weighted by molar-refractivity contribution is 9.10.